The van der Waals surface area contributed by atoms with Crippen LogP contribution in [0.5, 0.6) is 0 Å². The molecule has 2 aromatic rings. The van der Waals surface area contributed by atoms with Gasteiger partial charge in [-0.05, 0) is 68.1 Å². The molecule has 0 saturated carbocycles. The van der Waals surface area contributed by atoms with E-state index in [4.69, 9.17) is 73.3 Å². The number of nitrogens with two attached hydrogens (primary N) is 2. The van der Waals surface area contributed by atoms with Gasteiger partial charge in [0.25, 0.3) is 5.91 Å². The lowest BCUT2D eigenvalue weighted by Crippen LogP contribution is -2.57. The molecule has 2 aliphatic rings. The quantitative estimate of drug-likeness (QED) is 0.0887. The maximum atomic E-state index is 13.5. The molecule has 2 aromatic carbocycles. The number of nitrogens with zero attached hydrogens (tertiary/aromatic N) is 6. The Morgan fingerprint density at radius 3 is 2.39 bits per heavy atom. The predicted octanol–water partition coefficient (Wildman–Crippen LogP) is 5.19. The fourth-order valence-electron chi connectivity index (χ4n) is 6.14. The monoisotopic (exact) mass is 755 g/mol. The van der Waals surface area contributed by atoms with E-state index in [1.807, 2.05) is 11.0 Å². The molecular weight excluding hydrogens is 716 g/mol. The first kappa shape index (κ1) is 38.3. The molecule has 266 valence electrons. The number of piperidine rings is 1. The van der Waals surface area contributed by atoms with Gasteiger partial charge in [-0.25, -0.2) is 4.79 Å². The molecule has 1 unspecified atom stereocenters. The van der Waals surface area contributed by atoms with Crippen molar-refractivity contribution in [1.82, 2.24) is 19.6 Å². The van der Waals surface area contributed by atoms with Gasteiger partial charge in [-0.2, -0.15) is 0 Å². The van der Waals surface area contributed by atoms with E-state index >= 15 is 0 Å². The standard InChI is InChI=1S/C32H41Cl4N9O4/c1-42(31(46)21-13-22(33)16-23(34)14-21)17-28(41-49-19-29(37)38)25(20-3-4-26(35)27(36)15-20)7-12-43-10-5-24(6-11-43)45-9-2-8-44(32(45)47)18-30(39)40-48/h3-4,13-16,24-25,48H,2,5-12,17-19H2,1H3,(H3,37,38)(H2,39,40)/b41-28+. The van der Waals surface area contributed by atoms with Crippen LogP contribution in [-0.2, 0) is 4.84 Å². The number of amidine groups is 2. The normalized spacial score (nSPS) is 17.3. The van der Waals surface area contributed by atoms with Gasteiger partial charge in [0, 0.05) is 60.8 Å². The Morgan fingerprint density at radius 1 is 1.06 bits per heavy atom. The third-order valence-corrected chi connectivity index (χ3v) is 9.74. The van der Waals surface area contributed by atoms with Crippen LogP contribution in [0.3, 0.4) is 0 Å². The number of oxime groups is 2. The summed E-state index contributed by atoms with van der Waals surface area (Å²) in [6.07, 6.45) is 2.99. The van der Waals surface area contributed by atoms with Crippen LogP contribution in [0.2, 0.25) is 20.1 Å². The minimum Gasteiger partial charge on any atom is -0.409 e. The summed E-state index contributed by atoms with van der Waals surface area (Å²) in [5.74, 6) is -0.875. The van der Waals surface area contributed by atoms with Gasteiger partial charge in [0.1, 0.15) is 5.84 Å². The van der Waals surface area contributed by atoms with E-state index in [-0.39, 0.29) is 55.3 Å². The summed E-state index contributed by atoms with van der Waals surface area (Å²) in [4.78, 5) is 39.5. The predicted molar refractivity (Wildman–Crippen MR) is 194 cm³/mol. The van der Waals surface area contributed by atoms with Crippen LogP contribution < -0.4 is 11.5 Å². The SMILES string of the molecule is CN(C/C(=N\OCC(=N)N)C(CCN1CCC(N2CCCN(C/C(N)=N/O)C2=O)CC1)c1ccc(Cl)c(Cl)c1)C(=O)c1cc(Cl)cc(Cl)c1. The largest absolute Gasteiger partial charge is 0.409 e. The van der Waals surface area contributed by atoms with E-state index in [1.165, 1.54) is 4.90 Å². The minimum absolute atomic E-state index is 0.000528. The Balaban J connectivity index is 1.50. The number of urea groups is 1. The highest BCUT2D eigenvalue weighted by Gasteiger charge is 2.34. The second-order valence-electron chi connectivity index (χ2n) is 12.1. The smallest absolute Gasteiger partial charge is 0.320 e. The van der Waals surface area contributed by atoms with Crippen LogP contribution in [0.25, 0.3) is 0 Å². The van der Waals surface area contributed by atoms with Crippen LogP contribution in [0.15, 0.2) is 46.7 Å². The zero-order valence-electron chi connectivity index (χ0n) is 27.1. The van der Waals surface area contributed by atoms with E-state index in [1.54, 1.807) is 42.3 Å². The molecule has 17 heteroatoms. The van der Waals surface area contributed by atoms with Gasteiger partial charge in [-0.15, -0.1) is 0 Å². The van der Waals surface area contributed by atoms with Gasteiger partial charge in [0.05, 0.1) is 28.8 Å². The minimum atomic E-state index is -0.353. The van der Waals surface area contributed by atoms with Gasteiger partial charge < -0.3 is 41.1 Å². The third-order valence-electron chi connectivity index (χ3n) is 8.56. The summed E-state index contributed by atoms with van der Waals surface area (Å²) in [5.41, 5.74) is 12.9. The van der Waals surface area contributed by atoms with Crippen molar-refractivity contribution in [2.45, 2.75) is 37.6 Å². The van der Waals surface area contributed by atoms with Crippen molar-refractivity contribution in [1.29, 1.82) is 5.41 Å². The van der Waals surface area contributed by atoms with Crippen LogP contribution in [0, 0.1) is 5.41 Å². The van der Waals surface area contributed by atoms with Crippen molar-refractivity contribution in [3.8, 4) is 0 Å². The number of rotatable bonds is 14. The second-order valence-corrected chi connectivity index (χ2v) is 13.8. The Hall–Kier alpha value is -3.49. The molecule has 3 amide bonds. The van der Waals surface area contributed by atoms with E-state index in [0.29, 0.717) is 57.4 Å². The molecule has 0 aromatic heterocycles. The number of carbonyl (C=O) groups is 2. The molecule has 0 aliphatic carbocycles. The number of hydrogen-bond donors (Lipinski definition) is 4. The molecular formula is C32H41Cl4N9O4. The lowest BCUT2D eigenvalue weighted by atomic mass is 9.89. The number of benzene rings is 2. The topological polar surface area (TPSA) is 177 Å². The zero-order chi connectivity index (χ0) is 35.7. The van der Waals surface area contributed by atoms with Gasteiger partial charge in [-0.1, -0.05) is 62.8 Å². The molecule has 1 atom stereocenters. The van der Waals surface area contributed by atoms with E-state index in [0.717, 1.165) is 37.9 Å². The Labute approximate surface area is 305 Å². The fourth-order valence-corrected chi connectivity index (χ4v) is 6.97. The Morgan fingerprint density at radius 2 is 1.76 bits per heavy atom. The first-order chi connectivity index (χ1) is 23.4. The summed E-state index contributed by atoms with van der Waals surface area (Å²) >= 11 is 25.1. The summed E-state index contributed by atoms with van der Waals surface area (Å²) in [6.45, 7) is 3.39. The first-order valence-corrected chi connectivity index (χ1v) is 17.3. The van der Waals surface area contributed by atoms with Gasteiger partial charge in [0.15, 0.2) is 12.4 Å². The van der Waals surface area contributed by atoms with Gasteiger partial charge >= 0.3 is 6.03 Å². The van der Waals surface area contributed by atoms with Crippen molar-refractivity contribution in [3.05, 3.63) is 67.6 Å². The van der Waals surface area contributed by atoms with E-state index in [2.05, 4.69) is 15.2 Å². The number of nitrogens with one attached hydrogen (secondary N) is 1. The number of amides is 3. The second kappa shape index (κ2) is 18.0. The highest BCUT2D eigenvalue weighted by atomic mass is 35.5. The summed E-state index contributed by atoms with van der Waals surface area (Å²) in [7, 11) is 1.64. The molecule has 0 spiro atoms. The van der Waals surface area contributed by atoms with Crippen molar-refractivity contribution >= 4 is 75.7 Å². The highest BCUT2D eigenvalue weighted by molar-refractivity contribution is 6.42. The molecule has 4 rings (SSSR count). The highest BCUT2D eigenvalue weighted by Crippen LogP contribution is 2.31. The molecule has 49 heavy (non-hydrogen) atoms. The number of likely N-dealkylation sites (tertiary alicyclic amines) is 1. The summed E-state index contributed by atoms with van der Waals surface area (Å²) in [5, 5.41) is 25.4. The average molecular weight is 758 g/mol. The molecule has 2 heterocycles. The maximum Gasteiger partial charge on any atom is 0.320 e. The molecule has 13 nitrogen and oxygen atoms in total. The Bertz CT molecular complexity index is 1550. The maximum absolute atomic E-state index is 13.5. The van der Waals surface area contributed by atoms with Crippen molar-refractivity contribution in [2.24, 2.45) is 21.8 Å². The van der Waals surface area contributed by atoms with Crippen molar-refractivity contribution in [2.75, 3.05) is 59.5 Å². The van der Waals surface area contributed by atoms with Crippen LogP contribution >= 0.6 is 46.4 Å². The number of carbonyl (C=O) groups excluding carboxylic acids is 2. The lowest BCUT2D eigenvalue weighted by molar-refractivity contribution is 0.0811. The molecule has 0 bridgehead atoms. The average Bonchev–Trinajstić information content (AvgIpc) is 3.06. The van der Waals surface area contributed by atoms with Gasteiger partial charge in [0.2, 0.25) is 0 Å². The van der Waals surface area contributed by atoms with Crippen molar-refractivity contribution < 1.29 is 19.6 Å². The molecule has 2 fully saturated rings. The van der Waals surface area contributed by atoms with E-state index < -0.39 is 0 Å². The molecule has 6 N–H and O–H groups in total. The lowest BCUT2D eigenvalue weighted by Gasteiger charge is -2.43. The van der Waals surface area contributed by atoms with Crippen molar-refractivity contribution in [3.63, 3.8) is 0 Å². The molecule has 2 aliphatic heterocycles. The molecule has 2 saturated heterocycles. The third kappa shape index (κ3) is 10.7. The zero-order valence-corrected chi connectivity index (χ0v) is 30.1. The Kier molecular flexibility index (Phi) is 14.0. The van der Waals surface area contributed by atoms with E-state index in [9.17, 15) is 9.59 Å². The number of halogens is 4. The van der Waals surface area contributed by atoms with Crippen LogP contribution in [0.1, 0.15) is 47.5 Å². The van der Waals surface area contributed by atoms with Crippen LogP contribution in [0.4, 0.5) is 4.79 Å². The van der Waals surface area contributed by atoms with Gasteiger partial charge in [-0.3, -0.25) is 10.2 Å². The fraction of sp³-hybridized carbons (Fsp3) is 0.469. The number of hydrogen-bond acceptors (Lipinski definition) is 8. The summed E-state index contributed by atoms with van der Waals surface area (Å²) < 4.78 is 0. The summed E-state index contributed by atoms with van der Waals surface area (Å²) in [6, 6.07) is 9.99. The first-order valence-electron chi connectivity index (χ1n) is 15.8. The van der Waals surface area contributed by atoms with Crippen LogP contribution in [-0.4, -0.2) is 120 Å². The molecule has 0 radical (unpaired) electrons.